The number of ether oxygens (including phenoxy) is 1. The highest BCUT2D eigenvalue weighted by Crippen LogP contribution is 2.33. The molecule has 1 heterocycles. The van der Waals surface area contributed by atoms with Gasteiger partial charge < -0.3 is 9.64 Å². The van der Waals surface area contributed by atoms with Gasteiger partial charge in [0.25, 0.3) is 6.02 Å². The minimum Gasteiger partial charge on any atom is -0.460 e. The Bertz CT molecular complexity index is 357. The predicted molar refractivity (Wildman–Crippen MR) is 92.8 cm³/mol. The van der Waals surface area contributed by atoms with E-state index in [2.05, 4.69) is 40.4 Å². The van der Waals surface area contributed by atoms with E-state index < -0.39 is 0 Å². The van der Waals surface area contributed by atoms with Crippen LogP contribution in [0.3, 0.4) is 0 Å². The van der Waals surface area contributed by atoms with Gasteiger partial charge in [-0.05, 0) is 40.5 Å². The van der Waals surface area contributed by atoms with Crippen molar-refractivity contribution in [1.82, 2.24) is 4.90 Å². The Morgan fingerprint density at radius 3 is 2.38 bits per heavy atom. The molecule has 0 N–H and O–H groups in total. The van der Waals surface area contributed by atoms with E-state index in [4.69, 9.17) is 9.73 Å². The number of nitrogens with zero attached hydrogens (tertiary/aromatic N) is 2. The van der Waals surface area contributed by atoms with Gasteiger partial charge in [0.1, 0.15) is 14.0 Å². The van der Waals surface area contributed by atoms with E-state index in [1.165, 1.54) is 44.9 Å². The normalized spacial score (nSPS) is 33.3. The first-order valence-electron chi connectivity index (χ1n) is 9.01. The molecule has 4 heteroatoms. The van der Waals surface area contributed by atoms with Crippen molar-refractivity contribution in [2.24, 2.45) is 4.99 Å². The predicted octanol–water partition coefficient (Wildman–Crippen LogP) is 3.39. The molecule has 3 atom stereocenters. The van der Waals surface area contributed by atoms with E-state index in [0.717, 1.165) is 11.8 Å². The van der Waals surface area contributed by atoms with Crippen molar-refractivity contribution in [2.75, 3.05) is 0 Å². The van der Waals surface area contributed by atoms with Gasteiger partial charge in [-0.15, -0.1) is 0 Å². The summed E-state index contributed by atoms with van der Waals surface area (Å²) in [5, 5.41) is 0. The Morgan fingerprint density at radius 1 is 1.10 bits per heavy atom. The highest BCUT2D eigenvalue weighted by Gasteiger charge is 2.41. The molecule has 1 saturated carbocycles. The molecule has 3 nitrogen and oxygen atoms in total. The van der Waals surface area contributed by atoms with Crippen molar-refractivity contribution in [2.45, 2.75) is 103 Å². The van der Waals surface area contributed by atoms with E-state index in [1.807, 2.05) is 0 Å². The average molecular weight is 292 g/mol. The van der Waals surface area contributed by atoms with Gasteiger partial charge in [-0.1, -0.05) is 37.9 Å². The van der Waals surface area contributed by atoms with Crippen LogP contribution >= 0.6 is 0 Å². The second-order valence-electron chi connectivity index (χ2n) is 7.56. The zero-order valence-electron chi connectivity index (χ0n) is 14.6. The first kappa shape index (κ1) is 16.7. The molecule has 0 bridgehead atoms. The van der Waals surface area contributed by atoms with Crippen molar-refractivity contribution >= 4 is 13.9 Å². The molecule has 120 valence electrons. The molecule has 1 aliphatic heterocycles. The molecule has 0 aromatic carbocycles. The highest BCUT2D eigenvalue weighted by molar-refractivity contribution is 6.11. The summed E-state index contributed by atoms with van der Waals surface area (Å²) in [4.78, 5) is 7.21. The minimum atomic E-state index is 0.300. The molecule has 1 aliphatic carbocycles. The van der Waals surface area contributed by atoms with Crippen LogP contribution in [-0.4, -0.2) is 43.0 Å². The van der Waals surface area contributed by atoms with E-state index in [9.17, 15) is 0 Å². The van der Waals surface area contributed by atoms with Crippen molar-refractivity contribution in [3.8, 4) is 0 Å². The van der Waals surface area contributed by atoms with Gasteiger partial charge in [-0.3, -0.25) is 0 Å². The average Bonchev–Trinajstić information content (AvgIpc) is 2.70. The monoisotopic (exact) mass is 292 g/mol. The Kier molecular flexibility index (Phi) is 6.01. The van der Waals surface area contributed by atoms with E-state index in [0.29, 0.717) is 24.2 Å². The number of rotatable bonds is 2. The summed E-state index contributed by atoms with van der Waals surface area (Å²) in [6.45, 7) is 8.80. The molecule has 1 saturated heterocycles. The quantitative estimate of drug-likeness (QED) is 0.729. The lowest BCUT2D eigenvalue weighted by Crippen LogP contribution is -2.42. The molecule has 0 aromatic heterocycles. The van der Waals surface area contributed by atoms with Gasteiger partial charge in [-0.2, -0.15) is 0 Å². The summed E-state index contributed by atoms with van der Waals surface area (Å²) in [6, 6.07) is 2.20. The third-order valence-corrected chi connectivity index (χ3v) is 4.77. The second-order valence-corrected chi connectivity index (χ2v) is 7.56. The lowest BCUT2D eigenvalue weighted by Gasteiger charge is -2.30. The fourth-order valence-corrected chi connectivity index (χ4v) is 3.76. The van der Waals surface area contributed by atoms with Crippen LogP contribution in [0.5, 0.6) is 0 Å². The van der Waals surface area contributed by atoms with Gasteiger partial charge in [-0.25, -0.2) is 4.99 Å². The molecular formula is C17H33BN2O. The summed E-state index contributed by atoms with van der Waals surface area (Å²) < 4.78 is 6.33. The minimum absolute atomic E-state index is 0.300. The number of fused-ring (bicyclic) bond motifs is 1. The van der Waals surface area contributed by atoms with E-state index in [-0.39, 0.29) is 0 Å². The van der Waals surface area contributed by atoms with Crippen LogP contribution in [0.1, 0.15) is 72.6 Å². The van der Waals surface area contributed by atoms with Gasteiger partial charge in [0, 0.05) is 12.1 Å². The van der Waals surface area contributed by atoms with Crippen molar-refractivity contribution in [3.05, 3.63) is 0 Å². The first-order valence-corrected chi connectivity index (χ1v) is 9.01. The van der Waals surface area contributed by atoms with Crippen LogP contribution in [0, 0.1) is 0 Å². The van der Waals surface area contributed by atoms with Crippen molar-refractivity contribution in [1.29, 1.82) is 0 Å². The molecule has 21 heavy (non-hydrogen) atoms. The maximum absolute atomic E-state index is 6.33. The lowest BCUT2D eigenvalue weighted by atomic mass is 9.76. The summed E-state index contributed by atoms with van der Waals surface area (Å²) >= 11 is 0. The Hall–Kier alpha value is -0.665. The number of hydrogen-bond donors (Lipinski definition) is 0. The van der Waals surface area contributed by atoms with Crippen LogP contribution in [0.4, 0.5) is 0 Å². The molecule has 2 fully saturated rings. The van der Waals surface area contributed by atoms with Gasteiger partial charge in [0.15, 0.2) is 0 Å². The first-order chi connectivity index (χ1) is 9.99. The van der Waals surface area contributed by atoms with Crippen LogP contribution in [0.15, 0.2) is 4.99 Å². The SMILES string of the molecule is BC1CCCCCCC2C(C1)O/C(=N/C(C)C)N2C(C)C. The summed E-state index contributed by atoms with van der Waals surface area (Å²) in [7, 11) is 2.39. The molecule has 0 radical (unpaired) electrons. The maximum atomic E-state index is 6.33. The van der Waals surface area contributed by atoms with Crippen LogP contribution in [0.2, 0.25) is 5.82 Å². The van der Waals surface area contributed by atoms with Crippen molar-refractivity contribution in [3.63, 3.8) is 0 Å². The third kappa shape index (κ3) is 4.40. The summed E-state index contributed by atoms with van der Waals surface area (Å²) in [5.41, 5.74) is 0. The van der Waals surface area contributed by atoms with Crippen LogP contribution < -0.4 is 0 Å². The molecule has 3 unspecified atom stereocenters. The Balaban J connectivity index is 2.20. The molecule has 0 amide bonds. The van der Waals surface area contributed by atoms with Crippen LogP contribution in [-0.2, 0) is 4.74 Å². The lowest BCUT2D eigenvalue weighted by molar-refractivity contribution is 0.155. The molecule has 2 aliphatic rings. The fourth-order valence-electron chi connectivity index (χ4n) is 3.76. The number of hydrogen-bond acceptors (Lipinski definition) is 2. The van der Waals surface area contributed by atoms with Gasteiger partial charge in [0.05, 0.1) is 6.04 Å². The van der Waals surface area contributed by atoms with E-state index in [1.54, 1.807) is 0 Å². The zero-order chi connectivity index (χ0) is 15.4. The smallest absolute Gasteiger partial charge is 0.288 e. The highest BCUT2D eigenvalue weighted by atomic mass is 16.5. The molecular weight excluding hydrogens is 259 g/mol. The Morgan fingerprint density at radius 2 is 1.76 bits per heavy atom. The molecule has 0 spiro atoms. The van der Waals surface area contributed by atoms with Crippen molar-refractivity contribution < 1.29 is 4.74 Å². The zero-order valence-corrected chi connectivity index (χ0v) is 14.6. The number of amidine groups is 1. The van der Waals surface area contributed by atoms with Gasteiger partial charge >= 0.3 is 0 Å². The molecule has 0 aromatic rings. The molecule has 2 rings (SSSR count). The maximum Gasteiger partial charge on any atom is 0.288 e. The second kappa shape index (κ2) is 7.55. The van der Waals surface area contributed by atoms with Gasteiger partial charge in [0.2, 0.25) is 0 Å². The standard InChI is InChI=1S/C17H33BN2O/c1-12(2)19-17-20(13(3)4)15-10-8-6-5-7-9-14(18)11-16(15)21-17/h12-16H,5-11,18H2,1-4H3/b19-17+. The van der Waals surface area contributed by atoms with E-state index >= 15 is 0 Å². The summed E-state index contributed by atoms with van der Waals surface area (Å²) in [6.07, 6.45) is 9.63. The summed E-state index contributed by atoms with van der Waals surface area (Å²) in [5.74, 6) is 0.767. The largest absolute Gasteiger partial charge is 0.460 e. The number of aliphatic imine (C=N–C) groups is 1. The fraction of sp³-hybridized carbons (Fsp3) is 0.941. The Labute approximate surface area is 131 Å². The van der Waals surface area contributed by atoms with Crippen LogP contribution in [0.25, 0.3) is 0 Å². The topological polar surface area (TPSA) is 24.8 Å². The third-order valence-electron chi connectivity index (χ3n) is 4.77.